The lowest BCUT2D eigenvalue weighted by molar-refractivity contribution is -0.121. The zero-order valence-electron chi connectivity index (χ0n) is 14.6. The molecule has 0 aliphatic rings. The SMILES string of the molecule is O=C(/C=C/c1ccc(-n2cc(Br)cn2)c(F)c1)NCC(=O)Nc1ccccc1. The molecule has 28 heavy (non-hydrogen) atoms. The Morgan fingerprint density at radius 1 is 1.18 bits per heavy atom. The van der Waals surface area contributed by atoms with Crippen LogP contribution >= 0.6 is 15.9 Å². The Bertz CT molecular complexity index is 1020. The smallest absolute Gasteiger partial charge is 0.244 e. The fourth-order valence-electron chi connectivity index (χ4n) is 2.37. The second-order valence-corrected chi connectivity index (χ2v) is 6.69. The molecule has 0 unspecified atom stereocenters. The van der Waals surface area contributed by atoms with E-state index in [1.807, 2.05) is 6.07 Å². The number of amides is 2. The number of halogens is 2. The molecule has 0 aliphatic heterocycles. The fraction of sp³-hybridized carbons (Fsp3) is 0.0500. The Labute approximate surface area is 169 Å². The van der Waals surface area contributed by atoms with Gasteiger partial charge in [0.1, 0.15) is 11.5 Å². The number of nitrogens with zero attached hydrogens (tertiary/aromatic N) is 2. The summed E-state index contributed by atoms with van der Waals surface area (Å²) in [5.41, 5.74) is 1.46. The number of hydrogen-bond acceptors (Lipinski definition) is 3. The molecule has 2 amide bonds. The highest BCUT2D eigenvalue weighted by molar-refractivity contribution is 9.10. The largest absolute Gasteiger partial charge is 0.343 e. The summed E-state index contributed by atoms with van der Waals surface area (Å²) in [5.74, 6) is -1.27. The minimum atomic E-state index is -0.472. The molecule has 1 aromatic heterocycles. The molecule has 3 rings (SSSR count). The van der Waals surface area contributed by atoms with E-state index in [0.29, 0.717) is 16.9 Å². The van der Waals surface area contributed by atoms with Crippen molar-refractivity contribution in [2.75, 3.05) is 11.9 Å². The predicted octanol–water partition coefficient (Wildman–Crippen LogP) is 3.54. The molecule has 8 heteroatoms. The predicted molar refractivity (Wildman–Crippen MR) is 108 cm³/mol. The van der Waals surface area contributed by atoms with Crippen molar-refractivity contribution in [1.29, 1.82) is 0 Å². The maximum Gasteiger partial charge on any atom is 0.244 e. The van der Waals surface area contributed by atoms with Crippen LogP contribution < -0.4 is 10.6 Å². The lowest BCUT2D eigenvalue weighted by Gasteiger charge is -2.05. The Hall–Kier alpha value is -3.26. The molecular weight excluding hydrogens is 427 g/mol. The Kier molecular flexibility index (Phi) is 6.33. The van der Waals surface area contributed by atoms with Gasteiger partial charge in [0.2, 0.25) is 11.8 Å². The van der Waals surface area contributed by atoms with E-state index in [1.165, 1.54) is 22.9 Å². The van der Waals surface area contributed by atoms with E-state index in [2.05, 4.69) is 31.7 Å². The summed E-state index contributed by atoms with van der Waals surface area (Å²) in [6, 6.07) is 13.5. The number of rotatable bonds is 6. The quantitative estimate of drug-likeness (QED) is 0.573. The monoisotopic (exact) mass is 442 g/mol. The zero-order valence-corrected chi connectivity index (χ0v) is 16.2. The van der Waals surface area contributed by atoms with Crippen molar-refractivity contribution in [3.8, 4) is 5.69 Å². The molecule has 0 atom stereocenters. The topological polar surface area (TPSA) is 76.0 Å². The number of aromatic nitrogens is 2. The van der Waals surface area contributed by atoms with Crippen LogP contribution in [0.1, 0.15) is 5.56 Å². The molecular formula is C20H16BrFN4O2. The molecule has 0 saturated heterocycles. The summed E-state index contributed by atoms with van der Waals surface area (Å²) in [4.78, 5) is 23.7. The van der Waals surface area contributed by atoms with E-state index in [0.717, 1.165) is 4.47 Å². The molecule has 0 fully saturated rings. The number of carbonyl (C=O) groups excluding carboxylic acids is 2. The van der Waals surface area contributed by atoms with E-state index in [1.54, 1.807) is 48.8 Å². The van der Waals surface area contributed by atoms with Crippen LogP contribution in [0.15, 0.2) is 71.5 Å². The Balaban J connectivity index is 1.54. The third-order valence-electron chi connectivity index (χ3n) is 3.68. The summed E-state index contributed by atoms with van der Waals surface area (Å²) in [6.45, 7) is -0.167. The van der Waals surface area contributed by atoms with Crippen molar-refractivity contribution >= 4 is 39.5 Å². The van der Waals surface area contributed by atoms with Crippen molar-refractivity contribution in [2.24, 2.45) is 0 Å². The molecule has 3 aromatic rings. The second kappa shape index (κ2) is 9.09. The lowest BCUT2D eigenvalue weighted by atomic mass is 10.2. The third-order valence-corrected chi connectivity index (χ3v) is 4.09. The average molecular weight is 443 g/mol. The molecule has 0 aliphatic carbocycles. The molecule has 142 valence electrons. The van der Waals surface area contributed by atoms with Gasteiger partial charge < -0.3 is 10.6 Å². The van der Waals surface area contributed by atoms with Gasteiger partial charge >= 0.3 is 0 Å². The molecule has 1 heterocycles. The highest BCUT2D eigenvalue weighted by Gasteiger charge is 2.07. The van der Waals surface area contributed by atoms with Crippen LogP contribution in [0.25, 0.3) is 11.8 Å². The van der Waals surface area contributed by atoms with Crippen molar-refractivity contribution in [2.45, 2.75) is 0 Å². The van der Waals surface area contributed by atoms with Gasteiger partial charge in [0.15, 0.2) is 0 Å². The van der Waals surface area contributed by atoms with Gasteiger partial charge in [-0.2, -0.15) is 5.10 Å². The van der Waals surface area contributed by atoms with E-state index in [-0.39, 0.29) is 12.5 Å². The van der Waals surface area contributed by atoms with Crippen LogP contribution in [-0.4, -0.2) is 28.1 Å². The van der Waals surface area contributed by atoms with Crippen LogP contribution in [-0.2, 0) is 9.59 Å². The number of benzene rings is 2. The van der Waals surface area contributed by atoms with E-state index >= 15 is 0 Å². The molecule has 0 bridgehead atoms. The first kappa shape index (κ1) is 19.5. The van der Waals surface area contributed by atoms with Gasteiger partial charge in [0.05, 0.1) is 17.2 Å². The number of carbonyl (C=O) groups is 2. The first-order valence-corrected chi connectivity index (χ1v) is 9.11. The zero-order chi connectivity index (χ0) is 19.9. The van der Waals surface area contributed by atoms with Crippen molar-refractivity contribution in [3.05, 3.63) is 82.9 Å². The second-order valence-electron chi connectivity index (χ2n) is 5.78. The van der Waals surface area contributed by atoms with E-state index < -0.39 is 11.7 Å². The summed E-state index contributed by atoms with van der Waals surface area (Å²) in [6.07, 6.45) is 5.92. The van der Waals surface area contributed by atoms with Gasteiger partial charge in [-0.05, 0) is 51.8 Å². The number of nitrogens with one attached hydrogen (secondary N) is 2. The highest BCUT2D eigenvalue weighted by atomic mass is 79.9. The third kappa shape index (κ3) is 5.37. The molecule has 0 saturated carbocycles. The molecule has 2 N–H and O–H groups in total. The fourth-order valence-corrected chi connectivity index (χ4v) is 2.66. The van der Waals surface area contributed by atoms with Gasteiger partial charge in [0.25, 0.3) is 0 Å². The van der Waals surface area contributed by atoms with Gasteiger partial charge in [-0.15, -0.1) is 0 Å². The molecule has 2 aromatic carbocycles. The highest BCUT2D eigenvalue weighted by Crippen LogP contribution is 2.17. The van der Waals surface area contributed by atoms with Crippen molar-refractivity contribution < 1.29 is 14.0 Å². The standard InChI is InChI=1S/C20H16BrFN4O2/c21-15-11-24-26(13-15)18-8-6-14(10-17(18)22)7-9-19(27)23-12-20(28)25-16-4-2-1-3-5-16/h1-11,13H,12H2,(H,23,27)(H,25,28)/b9-7+. The van der Waals surface area contributed by atoms with Gasteiger partial charge in [-0.1, -0.05) is 24.3 Å². The number of hydrogen-bond donors (Lipinski definition) is 2. The Morgan fingerprint density at radius 2 is 1.96 bits per heavy atom. The minimum Gasteiger partial charge on any atom is -0.343 e. The van der Waals surface area contributed by atoms with Crippen LogP contribution in [0.3, 0.4) is 0 Å². The average Bonchev–Trinajstić information content (AvgIpc) is 3.11. The van der Waals surface area contributed by atoms with Gasteiger partial charge in [-0.25, -0.2) is 9.07 Å². The summed E-state index contributed by atoms with van der Waals surface area (Å²) >= 11 is 3.26. The maximum atomic E-state index is 14.3. The Morgan fingerprint density at radius 3 is 2.64 bits per heavy atom. The van der Waals surface area contributed by atoms with Crippen LogP contribution in [0.5, 0.6) is 0 Å². The van der Waals surface area contributed by atoms with Gasteiger partial charge in [0, 0.05) is 18.0 Å². The first-order valence-electron chi connectivity index (χ1n) is 8.32. The summed E-state index contributed by atoms with van der Waals surface area (Å²) < 4.78 is 16.4. The van der Waals surface area contributed by atoms with Crippen LogP contribution in [0.2, 0.25) is 0 Å². The van der Waals surface area contributed by atoms with Crippen LogP contribution in [0, 0.1) is 5.82 Å². The minimum absolute atomic E-state index is 0.167. The van der Waals surface area contributed by atoms with E-state index in [9.17, 15) is 14.0 Å². The maximum absolute atomic E-state index is 14.3. The van der Waals surface area contributed by atoms with Gasteiger partial charge in [-0.3, -0.25) is 9.59 Å². The van der Waals surface area contributed by atoms with Crippen LogP contribution in [0.4, 0.5) is 10.1 Å². The number of para-hydroxylation sites is 1. The molecule has 0 spiro atoms. The van der Waals surface area contributed by atoms with Crippen molar-refractivity contribution in [1.82, 2.24) is 15.1 Å². The lowest BCUT2D eigenvalue weighted by Crippen LogP contribution is -2.31. The summed E-state index contributed by atoms with van der Waals surface area (Å²) in [5, 5.41) is 9.17. The normalized spacial score (nSPS) is 10.8. The van der Waals surface area contributed by atoms with Crippen molar-refractivity contribution in [3.63, 3.8) is 0 Å². The molecule has 6 nitrogen and oxygen atoms in total. The first-order chi connectivity index (χ1) is 13.5. The number of anilines is 1. The summed E-state index contributed by atoms with van der Waals surface area (Å²) in [7, 11) is 0. The van der Waals surface area contributed by atoms with E-state index in [4.69, 9.17) is 0 Å². The molecule has 0 radical (unpaired) electrons.